The van der Waals surface area contributed by atoms with Gasteiger partial charge in [-0.25, -0.2) is 0 Å². The zero-order chi connectivity index (χ0) is 10.6. The van der Waals surface area contributed by atoms with Crippen LogP contribution in [0, 0.1) is 5.41 Å². The predicted molar refractivity (Wildman–Crippen MR) is 56.1 cm³/mol. The normalized spacial score (nSPS) is 21.9. The minimum Gasteiger partial charge on any atom is -0.466 e. The Labute approximate surface area is 86.4 Å². The minimum absolute atomic E-state index is 0.00981. The van der Waals surface area contributed by atoms with Crippen LogP contribution in [-0.2, 0) is 9.53 Å². The van der Waals surface area contributed by atoms with Gasteiger partial charge in [0.15, 0.2) is 0 Å². The summed E-state index contributed by atoms with van der Waals surface area (Å²) in [6.45, 7) is 6.47. The van der Waals surface area contributed by atoms with Gasteiger partial charge in [-0.3, -0.25) is 4.79 Å². The van der Waals surface area contributed by atoms with Gasteiger partial charge in [0.2, 0.25) is 0 Å². The molecule has 0 spiro atoms. The number of carbonyl (C=O) groups is 1. The maximum Gasteiger partial charge on any atom is 0.312 e. The van der Waals surface area contributed by atoms with Gasteiger partial charge in [0, 0.05) is 0 Å². The molecule has 1 aliphatic rings. The van der Waals surface area contributed by atoms with E-state index in [1.807, 2.05) is 6.92 Å². The molecule has 0 radical (unpaired) electrons. The van der Waals surface area contributed by atoms with Crippen molar-refractivity contribution in [3.05, 3.63) is 0 Å². The highest BCUT2D eigenvalue weighted by Crippen LogP contribution is 2.35. The number of hydrogen-bond acceptors (Lipinski definition) is 3. The van der Waals surface area contributed by atoms with Gasteiger partial charge >= 0.3 is 5.97 Å². The smallest absolute Gasteiger partial charge is 0.312 e. The van der Waals surface area contributed by atoms with Crippen molar-refractivity contribution in [2.24, 2.45) is 5.41 Å². The topological polar surface area (TPSA) is 29.5 Å². The van der Waals surface area contributed by atoms with E-state index in [1.54, 1.807) is 0 Å². The molecule has 1 rings (SSSR count). The molecule has 0 amide bonds. The second-order valence-electron chi connectivity index (χ2n) is 4.16. The van der Waals surface area contributed by atoms with Gasteiger partial charge in [-0.2, -0.15) is 0 Å². The van der Waals surface area contributed by atoms with Crippen molar-refractivity contribution in [3.63, 3.8) is 0 Å². The molecule has 0 saturated carbocycles. The molecular weight excluding hydrogens is 178 g/mol. The van der Waals surface area contributed by atoms with E-state index in [2.05, 4.69) is 18.9 Å². The third-order valence-corrected chi connectivity index (χ3v) is 3.33. The highest BCUT2D eigenvalue weighted by molar-refractivity contribution is 5.77. The Morgan fingerprint density at radius 2 is 1.93 bits per heavy atom. The Morgan fingerprint density at radius 1 is 1.36 bits per heavy atom. The summed E-state index contributed by atoms with van der Waals surface area (Å²) >= 11 is 0. The first-order chi connectivity index (χ1) is 6.64. The van der Waals surface area contributed by atoms with Crippen LogP contribution < -0.4 is 0 Å². The van der Waals surface area contributed by atoms with Gasteiger partial charge < -0.3 is 9.64 Å². The molecule has 1 heterocycles. The fraction of sp³-hybridized carbons (Fsp3) is 0.909. The largest absolute Gasteiger partial charge is 0.466 e. The average Bonchev–Trinajstić information content (AvgIpc) is 2.20. The lowest BCUT2D eigenvalue weighted by atomic mass is 9.76. The lowest BCUT2D eigenvalue weighted by Gasteiger charge is -2.37. The SMILES string of the molecule is CCOC(=O)C1(CC)CCN(C)CC1. The molecule has 3 heteroatoms. The Balaban J connectivity index is 2.62. The minimum atomic E-state index is -0.192. The Kier molecular flexibility index (Phi) is 3.93. The number of nitrogens with zero attached hydrogens (tertiary/aromatic N) is 1. The highest BCUT2D eigenvalue weighted by Gasteiger charge is 2.40. The number of esters is 1. The van der Waals surface area contributed by atoms with Crippen molar-refractivity contribution in [2.75, 3.05) is 26.7 Å². The van der Waals surface area contributed by atoms with Crippen molar-refractivity contribution in [1.82, 2.24) is 4.90 Å². The summed E-state index contributed by atoms with van der Waals surface area (Å²) in [4.78, 5) is 14.1. The average molecular weight is 199 g/mol. The Bertz CT molecular complexity index is 195. The van der Waals surface area contributed by atoms with E-state index in [9.17, 15) is 4.79 Å². The van der Waals surface area contributed by atoms with E-state index in [4.69, 9.17) is 4.74 Å². The molecule has 0 atom stereocenters. The second-order valence-corrected chi connectivity index (χ2v) is 4.16. The van der Waals surface area contributed by atoms with Gasteiger partial charge in [0.1, 0.15) is 0 Å². The van der Waals surface area contributed by atoms with Gasteiger partial charge in [0.25, 0.3) is 0 Å². The van der Waals surface area contributed by atoms with Crippen LogP contribution in [0.1, 0.15) is 33.1 Å². The third-order valence-electron chi connectivity index (χ3n) is 3.33. The monoisotopic (exact) mass is 199 g/mol. The zero-order valence-electron chi connectivity index (χ0n) is 9.51. The van der Waals surface area contributed by atoms with Gasteiger partial charge in [-0.15, -0.1) is 0 Å². The summed E-state index contributed by atoms with van der Waals surface area (Å²) in [5, 5.41) is 0. The first-order valence-electron chi connectivity index (χ1n) is 5.50. The second kappa shape index (κ2) is 4.78. The standard InChI is InChI=1S/C11H21NO2/c1-4-11(10(13)14-5-2)6-8-12(3)9-7-11/h4-9H2,1-3H3. The first kappa shape index (κ1) is 11.5. The first-order valence-corrected chi connectivity index (χ1v) is 5.50. The number of piperidine rings is 1. The molecule has 1 saturated heterocycles. The van der Waals surface area contributed by atoms with Crippen molar-refractivity contribution >= 4 is 5.97 Å². The summed E-state index contributed by atoms with van der Waals surface area (Å²) in [5.41, 5.74) is -0.192. The lowest BCUT2D eigenvalue weighted by molar-refractivity contribution is -0.158. The van der Waals surface area contributed by atoms with E-state index in [-0.39, 0.29) is 11.4 Å². The number of likely N-dealkylation sites (tertiary alicyclic amines) is 1. The Hall–Kier alpha value is -0.570. The van der Waals surface area contributed by atoms with E-state index in [1.165, 1.54) is 0 Å². The summed E-state index contributed by atoms with van der Waals surface area (Å²) in [6.07, 6.45) is 2.79. The summed E-state index contributed by atoms with van der Waals surface area (Å²) in [5.74, 6) is 0.00981. The quantitative estimate of drug-likeness (QED) is 0.648. The fourth-order valence-corrected chi connectivity index (χ4v) is 2.03. The maximum atomic E-state index is 11.8. The van der Waals surface area contributed by atoms with Crippen LogP contribution in [0.5, 0.6) is 0 Å². The molecule has 0 aromatic rings. The molecule has 14 heavy (non-hydrogen) atoms. The van der Waals surface area contributed by atoms with Gasteiger partial charge in [-0.05, 0) is 46.3 Å². The molecule has 82 valence electrons. The third kappa shape index (κ3) is 2.27. The highest BCUT2D eigenvalue weighted by atomic mass is 16.5. The summed E-state index contributed by atoms with van der Waals surface area (Å²) in [7, 11) is 2.10. The number of rotatable bonds is 3. The van der Waals surface area contributed by atoms with Crippen LogP contribution in [0.15, 0.2) is 0 Å². The molecule has 3 nitrogen and oxygen atoms in total. The molecule has 1 aliphatic heterocycles. The predicted octanol–water partition coefficient (Wildman–Crippen LogP) is 1.67. The van der Waals surface area contributed by atoms with Gasteiger partial charge in [0.05, 0.1) is 12.0 Å². The zero-order valence-corrected chi connectivity index (χ0v) is 9.51. The van der Waals surface area contributed by atoms with E-state index in [0.717, 1.165) is 32.4 Å². The van der Waals surface area contributed by atoms with Crippen molar-refractivity contribution in [1.29, 1.82) is 0 Å². The molecule has 0 bridgehead atoms. The number of carbonyl (C=O) groups excluding carboxylic acids is 1. The summed E-state index contributed by atoms with van der Waals surface area (Å²) in [6, 6.07) is 0. The van der Waals surface area contributed by atoms with Crippen LogP contribution in [0.4, 0.5) is 0 Å². The van der Waals surface area contributed by atoms with Crippen molar-refractivity contribution in [2.45, 2.75) is 33.1 Å². The van der Waals surface area contributed by atoms with Crippen LogP contribution in [-0.4, -0.2) is 37.6 Å². The molecular formula is C11H21NO2. The fourth-order valence-electron chi connectivity index (χ4n) is 2.03. The van der Waals surface area contributed by atoms with E-state index < -0.39 is 0 Å². The van der Waals surface area contributed by atoms with E-state index in [0.29, 0.717) is 6.61 Å². The van der Waals surface area contributed by atoms with Crippen molar-refractivity contribution < 1.29 is 9.53 Å². The maximum absolute atomic E-state index is 11.8. The molecule has 1 fully saturated rings. The summed E-state index contributed by atoms with van der Waals surface area (Å²) < 4.78 is 5.15. The molecule has 0 unspecified atom stereocenters. The Morgan fingerprint density at radius 3 is 2.36 bits per heavy atom. The number of ether oxygens (including phenoxy) is 1. The van der Waals surface area contributed by atoms with Crippen LogP contribution in [0.3, 0.4) is 0 Å². The number of hydrogen-bond donors (Lipinski definition) is 0. The lowest BCUT2D eigenvalue weighted by Crippen LogP contribution is -2.43. The van der Waals surface area contributed by atoms with Crippen molar-refractivity contribution in [3.8, 4) is 0 Å². The van der Waals surface area contributed by atoms with Crippen LogP contribution in [0.25, 0.3) is 0 Å². The molecule has 0 N–H and O–H groups in total. The molecule has 0 aliphatic carbocycles. The molecule has 0 aromatic carbocycles. The van der Waals surface area contributed by atoms with E-state index >= 15 is 0 Å². The van der Waals surface area contributed by atoms with Gasteiger partial charge in [-0.1, -0.05) is 6.92 Å². The van der Waals surface area contributed by atoms with Crippen LogP contribution >= 0.6 is 0 Å². The van der Waals surface area contributed by atoms with Crippen LogP contribution in [0.2, 0.25) is 0 Å². The molecule has 0 aromatic heterocycles.